The minimum absolute atomic E-state index is 0.110. The smallest absolute Gasteiger partial charge is 0.253 e. The maximum atomic E-state index is 12.9. The zero-order valence-corrected chi connectivity index (χ0v) is 17.2. The van der Waals surface area contributed by atoms with E-state index < -0.39 is 0 Å². The van der Waals surface area contributed by atoms with Crippen molar-refractivity contribution in [2.24, 2.45) is 0 Å². The Hall–Kier alpha value is -1.84. The Morgan fingerprint density at radius 1 is 1.08 bits per heavy atom. The molecule has 0 unspecified atom stereocenters. The van der Waals surface area contributed by atoms with Crippen molar-refractivity contribution in [2.75, 3.05) is 19.6 Å². The lowest BCUT2D eigenvalue weighted by molar-refractivity contribution is 0.0703. The highest BCUT2D eigenvalue weighted by atomic mass is 35.5. The fourth-order valence-corrected chi connectivity index (χ4v) is 3.44. The van der Waals surface area contributed by atoms with Gasteiger partial charge in [0.2, 0.25) is 0 Å². The van der Waals surface area contributed by atoms with E-state index in [0.29, 0.717) is 6.54 Å². The van der Waals surface area contributed by atoms with Crippen LogP contribution in [0.4, 0.5) is 0 Å². The number of halogens is 1. The van der Waals surface area contributed by atoms with Gasteiger partial charge in [0, 0.05) is 36.3 Å². The lowest BCUT2D eigenvalue weighted by atomic mass is 10.0. The molecule has 140 valence electrons. The molecule has 3 rings (SSSR count). The Labute approximate surface area is 162 Å². The minimum Gasteiger partial charge on any atom is -0.335 e. The van der Waals surface area contributed by atoms with E-state index >= 15 is 0 Å². The van der Waals surface area contributed by atoms with Gasteiger partial charge in [0.25, 0.3) is 5.91 Å². The molecule has 1 aliphatic rings. The number of amides is 1. The van der Waals surface area contributed by atoms with Crippen LogP contribution in [0.1, 0.15) is 52.5 Å². The summed E-state index contributed by atoms with van der Waals surface area (Å²) in [6, 6.07) is 12.2. The summed E-state index contributed by atoms with van der Waals surface area (Å²) in [5, 5.41) is 4.28. The summed E-state index contributed by atoms with van der Waals surface area (Å²) in [5.41, 5.74) is 5.26. The summed E-state index contributed by atoms with van der Waals surface area (Å²) < 4.78 is 0. The Kier molecular flexibility index (Phi) is 7.24. The van der Waals surface area contributed by atoms with E-state index in [0.717, 1.165) is 40.4 Å². The molecule has 1 atom stereocenters. The van der Waals surface area contributed by atoms with Crippen molar-refractivity contribution in [3.8, 4) is 0 Å². The quantitative estimate of drug-likeness (QED) is 0.797. The van der Waals surface area contributed by atoms with Crippen molar-refractivity contribution in [1.82, 2.24) is 10.2 Å². The lowest BCUT2D eigenvalue weighted by Crippen LogP contribution is -2.48. The van der Waals surface area contributed by atoms with Crippen LogP contribution in [0.15, 0.2) is 36.4 Å². The van der Waals surface area contributed by atoms with Gasteiger partial charge in [-0.3, -0.25) is 4.79 Å². The first kappa shape index (κ1) is 20.5. The van der Waals surface area contributed by atoms with Gasteiger partial charge in [-0.1, -0.05) is 54.8 Å². The number of piperazine rings is 1. The molecule has 1 heterocycles. The van der Waals surface area contributed by atoms with Crippen molar-refractivity contribution in [3.05, 3.63) is 69.2 Å². The fraction of sp³-hybridized carbons (Fsp3) is 0.409. The topological polar surface area (TPSA) is 32.3 Å². The molecule has 0 spiro atoms. The van der Waals surface area contributed by atoms with Crippen LogP contribution in [0.2, 0.25) is 5.02 Å². The van der Waals surface area contributed by atoms with E-state index in [1.54, 1.807) is 0 Å². The average Bonchev–Trinajstić information content (AvgIpc) is 2.64. The van der Waals surface area contributed by atoms with E-state index in [4.69, 9.17) is 11.6 Å². The van der Waals surface area contributed by atoms with E-state index in [1.165, 1.54) is 5.56 Å². The third-order valence-corrected chi connectivity index (χ3v) is 4.94. The van der Waals surface area contributed by atoms with E-state index in [2.05, 4.69) is 17.4 Å². The first-order chi connectivity index (χ1) is 12.4. The molecule has 0 aromatic heterocycles. The third-order valence-electron chi connectivity index (χ3n) is 4.52. The monoisotopic (exact) mass is 372 g/mol. The van der Waals surface area contributed by atoms with E-state index in [1.807, 2.05) is 63.8 Å². The second-order valence-electron chi connectivity index (χ2n) is 6.64. The van der Waals surface area contributed by atoms with Gasteiger partial charge in [0.15, 0.2) is 0 Å². The molecule has 0 aliphatic carbocycles. The highest BCUT2D eigenvalue weighted by Crippen LogP contribution is 2.24. The largest absolute Gasteiger partial charge is 0.335 e. The Morgan fingerprint density at radius 2 is 1.73 bits per heavy atom. The third kappa shape index (κ3) is 4.87. The fourth-order valence-electron chi connectivity index (χ4n) is 3.32. The lowest BCUT2D eigenvalue weighted by Gasteiger charge is -2.34. The van der Waals surface area contributed by atoms with Crippen molar-refractivity contribution in [3.63, 3.8) is 0 Å². The molecule has 1 amide bonds. The molecule has 2 aromatic rings. The molecule has 4 heteroatoms. The predicted octanol–water partition coefficient (Wildman–Crippen LogP) is 5.08. The standard InChI is InChI=1S/C20H23ClN2O.C2H6/c1-13-8-14(2)10-17(9-13)20(24)23-7-6-22-19(12-23)16-4-5-18(21)15(3)11-16;1-2/h4-5,8-11,19,22H,6-7,12H2,1-3H3;1-2H3/t19-;/m0./s1. The Bertz CT molecular complexity index is 752. The molecule has 1 fully saturated rings. The van der Waals surface area contributed by atoms with Gasteiger partial charge >= 0.3 is 0 Å². The maximum Gasteiger partial charge on any atom is 0.253 e. The van der Waals surface area contributed by atoms with Crippen molar-refractivity contribution in [2.45, 2.75) is 40.7 Å². The summed E-state index contributed by atoms with van der Waals surface area (Å²) in [5.74, 6) is 0.110. The van der Waals surface area contributed by atoms with Gasteiger partial charge in [-0.25, -0.2) is 0 Å². The molecule has 1 aliphatic heterocycles. The first-order valence-corrected chi connectivity index (χ1v) is 9.69. The van der Waals surface area contributed by atoms with Crippen LogP contribution in [0.3, 0.4) is 0 Å². The second kappa shape index (κ2) is 9.20. The molecule has 2 aromatic carbocycles. The number of benzene rings is 2. The SMILES string of the molecule is CC.Cc1cc(C)cc(C(=O)N2CCN[C@H](c3ccc(Cl)c(C)c3)C2)c1. The number of nitrogens with zero attached hydrogens (tertiary/aromatic N) is 1. The van der Waals surface area contributed by atoms with Gasteiger partial charge in [-0.05, 0) is 50.1 Å². The number of aryl methyl sites for hydroxylation is 3. The number of carbonyl (C=O) groups excluding carboxylic acids is 1. The zero-order chi connectivity index (χ0) is 19.3. The molecule has 1 N–H and O–H groups in total. The number of hydrogen-bond donors (Lipinski definition) is 1. The number of carbonyl (C=O) groups is 1. The Balaban J connectivity index is 0.00000117. The normalized spacial score (nSPS) is 16.7. The molecule has 3 nitrogen and oxygen atoms in total. The summed E-state index contributed by atoms with van der Waals surface area (Å²) >= 11 is 6.12. The molecule has 26 heavy (non-hydrogen) atoms. The maximum absolute atomic E-state index is 12.9. The van der Waals surface area contributed by atoms with Crippen molar-refractivity contribution >= 4 is 17.5 Å². The van der Waals surface area contributed by atoms with Gasteiger partial charge in [0.1, 0.15) is 0 Å². The highest BCUT2D eigenvalue weighted by molar-refractivity contribution is 6.31. The number of rotatable bonds is 2. The summed E-state index contributed by atoms with van der Waals surface area (Å²) in [7, 11) is 0. The summed E-state index contributed by atoms with van der Waals surface area (Å²) in [4.78, 5) is 14.8. The highest BCUT2D eigenvalue weighted by Gasteiger charge is 2.25. The van der Waals surface area contributed by atoms with Gasteiger partial charge in [-0.2, -0.15) is 0 Å². The zero-order valence-electron chi connectivity index (χ0n) is 16.4. The van der Waals surface area contributed by atoms with Gasteiger partial charge < -0.3 is 10.2 Å². The Morgan fingerprint density at radius 3 is 2.35 bits per heavy atom. The molecule has 0 bridgehead atoms. The van der Waals surface area contributed by atoms with Crippen LogP contribution in [-0.4, -0.2) is 30.4 Å². The summed E-state index contributed by atoms with van der Waals surface area (Å²) in [6.07, 6.45) is 0. The summed E-state index contributed by atoms with van der Waals surface area (Å²) in [6.45, 7) is 12.3. The average molecular weight is 373 g/mol. The second-order valence-corrected chi connectivity index (χ2v) is 7.05. The minimum atomic E-state index is 0.110. The van der Waals surface area contributed by atoms with Crippen molar-refractivity contribution < 1.29 is 4.79 Å². The predicted molar refractivity (Wildman–Crippen MR) is 110 cm³/mol. The van der Waals surface area contributed by atoms with E-state index in [-0.39, 0.29) is 11.9 Å². The van der Waals surface area contributed by atoms with Crippen LogP contribution >= 0.6 is 11.6 Å². The van der Waals surface area contributed by atoms with Crippen LogP contribution in [0.5, 0.6) is 0 Å². The first-order valence-electron chi connectivity index (χ1n) is 9.31. The molecular weight excluding hydrogens is 344 g/mol. The van der Waals surface area contributed by atoms with Gasteiger partial charge in [-0.15, -0.1) is 0 Å². The molecule has 1 saturated heterocycles. The molecular formula is C22H29ClN2O. The number of hydrogen-bond acceptors (Lipinski definition) is 2. The molecule has 0 saturated carbocycles. The number of nitrogens with one attached hydrogen (secondary N) is 1. The van der Waals surface area contributed by atoms with Crippen LogP contribution in [0.25, 0.3) is 0 Å². The molecule has 0 radical (unpaired) electrons. The van der Waals surface area contributed by atoms with Crippen LogP contribution in [0, 0.1) is 20.8 Å². The van der Waals surface area contributed by atoms with Crippen LogP contribution < -0.4 is 5.32 Å². The van der Waals surface area contributed by atoms with Crippen LogP contribution in [-0.2, 0) is 0 Å². The van der Waals surface area contributed by atoms with E-state index in [9.17, 15) is 4.79 Å². The van der Waals surface area contributed by atoms with Crippen molar-refractivity contribution in [1.29, 1.82) is 0 Å². The van der Waals surface area contributed by atoms with Gasteiger partial charge in [0.05, 0.1) is 0 Å².